The van der Waals surface area contributed by atoms with Crippen LogP contribution in [0.3, 0.4) is 0 Å². The summed E-state index contributed by atoms with van der Waals surface area (Å²) >= 11 is 0. The van der Waals surface area contributed by atoms with Crippen LogP contribution in [-0.2, 0) is 28.5 Å². The number of aliphatic hydroxyl groups is 1. The summed E-state index contributed by atoms with van der Waals surface area (Å²) in [4.78, 5) is 27.0. The molecule has 0 aromatic rings. The summed E-state index contributed by atoms with van der Waals surface area (Å²) in [6, 6.07) is 0. The van der Waals surface area contributed by atoms with Gasteiger partial charge in [-0.3, -0.25) is 9.59 Å². The molecule has 0 amide bonds. The molecular weight excluding hydrogens is 691 g/mol. The standard InChI is InChI=1S/C47H89NO7/c1-5-9-13-15-21-28-41-54-47(55-42-29-22-16-14-10-6-2)34-33-46(51)52-40-27-23-20-26-37-48(38-39-49)36-25-19-17-18-24-32-45(50)53-43-35-44(30-11-7-3)31-12-8-4/h9-10,13-14,44,47,49H,5-8,11-12,15-43H2,1-4H3/b13-9-,14-10-. The molecule has 0 fully saturated rings. The van der Waals surface area contributed by atoms with Gasteiger partial charge in [-0.05, 0) is 102 Å². The third kappa shape index (κ3) is 38.9. The maximum atomic E-state index is 12.5. The summed E-state index contributed by atoms with van der Waals surface area (Å²) in [7, 11) is 0. The highest BCUT2D eigenvalue weighted by Crippen LogP contribution is 2.20. The van der Waals surface area contributed by atoms with Crippen molar-refractivity contribution in [1.29, 1.82) is 0 Å². The van der Waals surface area contributed by atoms with Gasteiger partial charge in [0.15, 0.2) is 6.29 Å². The van der Waals surface area contributed by atoms with Crippen LogP contribution in [0.5, 0.6) is 0 Å². The number of carbonyl (C=O) groups excluding carboxylic acids is 2. The predicted molar refractivity (Wildman–Crippen MR) is 230 cm³/mol. The summed E-state index contributed by atoms with van der Waals surface area (Å²) in [6.45, 7) is 14.0. The Balaban J connectivity index is 4.07. The molecule has 0 aromatic carbocycles. The quantitative estimate of drug-likeness (QED) is 0.0283. The van der Waals surface area contributed by atoms with Crippen LogP contribution in [0.15, 0.2) is 24.3 Å². The van der Waals surface area contributed by atoms with Crippen LogP contribution in [-0.4, -0.2) is 80.9 Å². The van der Waals surface area contributed by atoms with Gasteiger partial charge < -0.3 is 29.0 Å². The molecule has 0 aliphatic heterocycles. The second kappa shape index (κ2) is 43.4. The molecule has 1 N–H and O–H groups in total. The molecule has 0 saturated heterocycles. The van der Waals surface area contributed by atoms with Gasteiger partial charge in [-0.15, -0.1) is 0 Å². The summed E-state index contributed by atoms with van der Waals surface area (Å²) in [5.74, 6) is 0.484. The number of nitrogens with zero attached hydrogens (tertiary/aromatic N) is 1. The van der Waals surface area contributed by atoms with E-state index in [-0.39, 0.29) is 24.8 Å². The molecule has 55 heavy (non-hydrogen) atoms. The van der Waals surface area contributed by atoms with Crippen molar-refractivity contribution in [2.24, 2.45) is 5.92 Å². The number of hydrogen-bond donors (Lipinski definition) is 1. The Kier molecular flexibility index (Phi) is 42.0. The summed E-state index contributed by atoms with van der Waals surface area (Å²) < 4.78 is 23.2. The number of allylic oxidation sites excluding steroid dienone is 4. The zero-order valence-corrected chi connectivity index (χ0v) is 36.6. The molecular formula is C47H89NO7. The molecule has 0 aliphatic rings. The fourth-order valence-electron chi connectivity index (χ4n) is 6.67. The van der Waals surface area contributed by atoms with Crippen molar-refractivity contribution >= 4 is 11.9 Å². The van der Waals surface area contributed by atoms with E-state index in [1.165, 1.54) is 38.5 Å². The van der Waals surface area contributed by atoms with Crippen LogP contribution in [0, 0.1) is 5.92 Å². The number of esters is 2. The lowest BCUT2D eigenvalue weighted by atomic mass is 9.93. The minimum Gasteiger partial charge on any atom is -0.466 e. The van der Waals surface area contributed by atoms with E-state index >= 15 is 0 Å². The number of ether oxygens (including phenoxy) is 4. The smallest absolute Gasteiger partial charge is 0.305 e. The van der Waals surface area contributed by atoms with Gasteiger partial charge in [0.05, 0.1) is 26.2 Å². The Morgan fingerprint density at radius 3 is 1.58 bits per heavy atom. The minimum atomic E-state index is -0.360. The van der Waals surface area contributed by atoms with Crippen LogP contribution in [0.25, 0.3) is 0 Å². The van der Waals surface area contributed by atoms with Gasteiger partial charge in [-0.1, -0.05) is 123 Å². The molecule has 0 rings (SSSR count). The first-order valence-electron chi connectivity index (χ1n) is 23.2. The van der Waals surface area contributed by atoms with Gasteiger partial charge in [0, 0.05) is 32.6 Å². The number of unbranched alkanes of at least 4 members (excludes halogenated alkanes) is 13. The highest BCUT2D eigenvalue weighted by Gasteiger charge is 2.14. The van der Waals surface area contributed by atoms with E-state index in [0.717, 1.165) is 129 Å². The number of aliphatic hydroxyl groups excluding tert-OH is 1. The fourth-order valence-corrected chi connectivity index (χ4v) is 6.67. The Labute approximate surface area is 339 Å². The topological polar surface area (TPSA) is 94.5 Å². The van der Waals surface area contributed by atoms with Crippen molar-refractivity contribution in [3.63, 3.8) is 0 Å². The first-order valence-corrected chi connectivity index (χ1v) is 23.2. The molecule has 0 unspecified atom stereocenters. The van der Waals surface area contributed by atoms with Crippen molar-refractivity contribution in [2.45, 2.75) is 207 Å². The van der Waals surface area contributed by atoms with Gasteiger partial charge in [0.1, 0.15) is 0 Å². The second-order valence-electron chi connectivity index (χ2n) is 15.3. The normalized spacial score (nSPS) is 12.0. The molecule has 0 aliphatic carbocycles. The van der Waals surface area contributed by atoms with E-state index < -0.39 is 0 Å². The van der Waals surface area contributed by atoms with E-state index in [0.29, 0.717) is 58.2 Å². The molecule has 0 spiro atoms. The monoisotopic (exact) mass is 780 g/mol. The van der Waals surface area contributed by atoms with Gasteiger partial charge in [0.25, 0.3) is 0 Å². The zero-order chi connectivity index (χ0) is 40.3. The molecule has 0 aromatic heterocycles. The molecule has 0 atom stereocenters. The van der Waals surface area contributed by atoms with Gasteiger partial charge >= 0.3 is 11.9 Å². The van der Waals surface area contributed by atoms with Crippen molar-refractivity contribution in [3.8, 4) is 0 Å². The molecule has 0 radical (unpaired) electrons. The summed E-state index contributed by atoms with van der Waals surface area (Å²) in [5, 5.41) is 9.56. The zero-order valence-electron chi connectivity index (χ0n) is 36.6. The van der Waals surface area contributed by atoms with E-state index in [1.54, 1.807) is 0 Å². The van der Waals surface area contributed by atoms with Crippen LogP contribution >= 0.6 is 0 Å². The van der Waals surface area contributed by atoms with Gasteiger partial charge in [0.2, 0.25) is 0 Å². The van der Waals surface area contributed by atoms with Crippen LogP contribution < -0.4 is 0 Å². The maximum absolute atomic E-state index is 12.5. The van der Waals surface area contributed by atoms with Crippen molar-refractivity contribution in [1.82, 2.24) is 4.90 Å². The first-order chi connectivity index (χ1) is 27.0. The number of rotatable bonds is 43. The van der Waals surface area contributed by atoms with Crippen molar-refractivity contribution < 1.29 is 33.6 Å². The summed E-state index contributed by atoms with van der Waals surface area (Å²) in [6.07, 6.45) is 36.3. The first kappa shape index (κ1) is 53.3. The second-order valence-corrected chi connectivity index (χ2v) is 15.3. The molecule has 0 heterocycles. The highest BCUT2D eigenvalue weighted by atomic mass is 16.7. The van der Waals surface area contributed by atoms with Gasteiger partial charge in [-0.25, -0.2) is 0 Å². The van der Waals surface area contributed by atoms with Crippen LogP contribution in [0.4, 0.5) is 0 Å². The Bertz CT molecular complexity index is 847. The highest BCUT2D eigenvalue weighted by molar-refractivity contribution is 5.69. The average Bonchev–Trinajstić information content (AvgIpc) is 3.18. The van der Waals surface area contributed by atoms with E-state index in [2.05, 4.69) is 56.9 Å². The molecule has 8 nitrogen and oxygen atoms in total. The average molecular weight is 780 g/mol. The molecule has 8 heteroatoms. The fraction of sp³-hybridized carbons (Fsp3) is 0.872. The molecule has 0 saturated carbocycles. The Morgan fingerprint density at radius 1 is 0.509 bits per heavy atom. The third-order valence-electron chi connectivity index (χ3n) is 10.2. The van der Waals surface area contributed by atoms with Crippen LogP contribution in [0.1, 0.15) is 201 Å². The Hall–Kier alpha value is -1.74. The van der Waals surface area contributed by atoms with E-state index in [1.807, 2.05) is 0 Å². The molecule has 0 bridgehead atoms. The lowest BCUT2D eigenvalue weighted by molar-refractivity contribution is -0.159. The van der Waals surface area contributed by atoms with Gasteiger partial charge in [-0.2, -0.15) is 0 Å². The lowest BCUT2D eigenvalue weighted by Crippen LogP contribution is -2.29. The lowest BCUT2D eigenvalue weighted by Gasteiger charge is -2.21. The van der Waals surface area contributed by atoms with Crippen LogP contribution in [0.2, 0.25) is 0 Å². The Morgan fingerprint density at radius 2 is 1.02 bits per heavy atom. The summed E-state index contributed by atoms with van der Waals surface area (Å²) in [5.41, 5.74) is 0. The van der Waals surface area contributed by atoms with Crippen molar-refractivity contribution in [2.75, 3.05) is 52.7 Å². The minimum absolute atomic E-state index is 0.0361. The SMILES string of the molecule is CC/C=C\CCCCOC(CCC(=O)OCCCCCCN(CCO)CCCCCCCC(=O)OCCC(CCCC)CCCC)OCCCC/C=C\CC. The van der Waals surface area contributed by atoms with Crippen molar-refractivity contribution in [3.05, 3.63) is 24.3 Å². The third-order valence-corrected chi connectivity index (χ3v) is 10.2. The largest absolute Gasteiger partial charge is 0.466 e. The predicted octanol–water partition coefficient (Wildman–Crippen LogP) is 12.1. The number of carbonyl (C=O) groups is 2. The van der Waals surface area contributed by atoms with E-state index in [9.17, 15) is 14.7 Å². The maximum Gasteiger partial charge on any atom is 0.305 e. The van der Waals surface area contributed by atoms with E-state index in [4.69, 9.17) is 18.9 Å². The molecule has 324 valence electrons. The number of hydrogen-bond acceptors (Lipinski definition) is 8.